The molecule has 0 aromatic rings. The van der Waals surface area contributed by atoms with Crippen LogP contribution in [0.3, 0.4) is 0 Å². The first-order valence-electron chi connectivity index (χ1n) is 7.23. The summed E-state index contributed by atoms with van der Waals surface area (Å²) in [5.41, 5.74) is 0.408. The molecule has 4 nitrogen and oxygen atoms in total. The number of aliphatic hydroxyl groups is 1. The number of aliphatic hydroxyl groups excluding tert-OH is 1. The molecule has 0 aliphatic rings. The monoisotopic (exact) mass is 286 g/mol. The summed E-state index contributed by atoms with van der Waals surface area (Å²) in [7, 11) is 0. The zero-order valence-electron chi connectivity index (χ0n) is 13.4. The molecule has 0 spiro atoms. The van der Waals surface area contributed by atoms with Gasteiger partial charge >= 0.3 is 5.97 Å². The van der Waals surface area contributed by atoms with Gasteiger partial charge in [0.2, 0.25) is 6.29 Å². The molecule has 0 aromatic heterocycles. The number of allylic oxidation sites excluding steroid dienone is 1. The molecule has 0 radical (unpaired) electrons. The van der Waals surface area contributed by atoms with Gasteiger partial charge in [0.25, 0.3) is 0 Å². The van der Waals surface area contributed by atoms with Crippen LogP contribution in [0.15, 0.2) is 24.5 Å². The van der Waals surface area contributed by atoms with Gasteiger partial charge in [-0.2, -0.15) is 0 Å². The Labute approximate surface area is 123 Å². The molecule has 1 N–H and O–H groups in total. The maximum atomic E-state index is 11.2. The maximum absolute atomic E-state index is 11.2. The Morgan fingerprint density at radius 3 is 2.10 bits per heavy atom. The van der Waals surface area contributed by atoms with E-state index in [9.17, 15) is 4.79 Å². The highest BCUT2D eigenvalue weighted by Crippen LogP contribution is 2.06. The Morgan fingerprint density at radius 2 is 1.75 bits per heavy atom. The topological polar surface area (TPSA) is 55.8 Å². The molecule has 0 aliphatic heterocycles. The molecular formula is C16H30O4. The van der Waals surface area contributed by atoms with Crippen LogP contribution < -0.4 is 0 Å². The second kappa shape index (κ2) is 14.1. The lowest BCUT2D eigenvalue weighted by molar-refractivity contribution is -0.174. The number of unbranched alkanes of at least 4 members (excludes halogenated alkanes) is 2. The molecule has 1 unspecified atom stereocenters. The molecule has 0 saturated heterocycles. The van der Waals surface area contributed by atoms with Crippen LogP contribution in [-0.2, 0) is 14.3 Å². The van der Waals surface area contributed by atoms with Crippen molar-refractivity contribution in [1.29, 1.82) is 0 Å². The van der Waals surface area contributed by atoms with Gasteiger partial charge in [0, 0.05) is 18.4 Å². The van der Waals surface area contributed by atoms with Gasteiger partial charge in [-0.15, -0.1) is 0 Å². The molecule has 0 bridgehead atoms. The maximum Gasteiger partial charge on any atom is 0.335 e. The highest BCUT2D eigenvalue weighted by atomic mass is 16.7. The fourth-order valence-corrected chi connectivity index (χ4v) is 1.02. The molecule has 0 aromatic carbocycles. The molecule has 0 saturated carbocycles. The first kappa shape index (κ1) is 21.0. The summed E-state index contributed by atoms with van der Waals surface area (Å²) < 4.78 is 10.5. The van der Waals surface area contributed by atoms with Crippen molar-refractivity contribution in [3.8, 4) is 0 Å². The standard InChI is InChI=1S/C12H22O3.C4H8O/c1-5-7-8-9-14-11(6-2)15-12(13)10(3)4;1-3-4(2)5/h11H,3,5-9H2,1-2,4H3;5H,2-3H2,1H3. The third-order valence-corrected chi connectivity index (χ3v) is 2.38. The zero-order valence-corrected chi connectivity index (χ0v) is 13.4. The predicted octanol–water partition coefficient (Wildman–Crippen LogP) is 4.52. The Hall–Kier alpha value is -1.29. The molecule has 0 aliphatic carbocycles. The van der Waals surface area contributed by atoms with Gasteiger partial charge in [-0.1, -0.05) is 46.8 Å². The van der Waals surface area contributed by atoms with Crippen molar-refractivity contribution in [3.05, 3.63) is 24.5 Å². The molecular weight excluding hydrogens is 256 g/mol. The Bertz CT molecular complexity index is 284. The van der Waals surface area contributed by atoms with Crippen molar-refractivity contribution >= 4 is 5.97 Å². The van der Waals surface area contributed by atoms with Gasteiger partial charge in [-0.05, 0) is 13.3 Å². The number of esters is 1. The van der Waals surface area contributed by atoms with E-state index in [1.165, 1.54) is 0 Å². The fraction of sp³-hybridized carbons (Fsp3) is 0.688. The van der Waals surface area contributed by atoms with Gasteiger partial charge in [-0.25, -0.2) is 4.79 Å². The summed E-state index contributed by atoms with van der Waals surface area (Å²) in [6, 6.07) is 0. The molecule has 0 heterocycles. The van der Waals surface area contributed by atoms with Gasteiger partial charge in [0.15, 0.2) is 0 Å². The Balaban J connectivity index is 0. The smallest absolute Gasteiger partial charge is 0.335 e. The normalized spacial score (nSPS) is 11.0. The second-order valence-corrected chi connectivity index (χ2v) is 4.52. The molecule has 0 amide bonds. The first-order valence-corrected chi connectivity index (χ1v) is 7.23. The zero-order chi connectivity index (χ0) is 16.0. The Kier molecular flexibility index (Phi) is 14.8. The van der Waals surface area contributed by atoms with E-state index in [2.05, 4.69) is 20.1 Å². The summed E-state index contributed by atoms with van der Waals surface area (Å²) in [6.45, 7) is 14.9. The van der Waals surface area contributed by atoms with Crippen LogP contribution in [-0.4, -0.2) is 24.0 Å². The largest absolute Gasteiger partial charge is 0.513 e. The number of carbonyl (C=O) groups is 1. The molecule has 1 atom stereocenters. The van der Waals surface area contributed by atoms with Crippen LogP contribution in [0.5, 0.6) is 0 Å². The van der Waals surface area contributed by atoms with Gasteiger partial charge in [-0.3, -0.25) is 0 Å². The first-order chi connectivity index (χ1) is 9.38. The van der Waals surface area contributed by atoms with E-state index in [-0.39, 0.29) is 11.7 Å². The summed E-state index contributed by atoms with van der Waals surface area (Å²) in [6.07, 6.45) is 4.23. The van der Waals surface area contributed by atoms with Gasteiger partial charge in [0.1, 0.15) is 0 Å². The highest BCUT2D eigenvalue weighted by molar-refractivity contribution is 5.86. The summed E-state index contributed by atoms with van der Waals surface area (Å²) >= 11 is 0. The van der Waals surface area contributed by atoms with Crippen molar-refractivity contribution in [2.45, 2.75) is 66.1 Å². The van der Waals surface area contributed by atoms with Crippen LogP contribution in [0, 0.1) is 0 Å². The minimum Gasteiger partial charge on any atom is -0.513 e. The van der Waals surface area contributed by atoms with Crippen LogP contribution in [0.25, 0.3) is 0 Å². The van der Waals surface area contributed by atoms with Crippen molar-refractivity contribution in [1.82, 2.24) is 0 Å². The molecule has 20 heavy (non-hydrogen) atoms. The van der Waals surface area contributed by atoms with E-state index in [0.29, 0.717) is 25.0 Å². The quantitative estimate of drug-likeness (QED) is 0.223. The van der Waals surface area contributed by atoms with E-state index in [4.69, 9.17) is 14.6 Å². The van der Waals surface area contributed by atoms with E-state index in [1.54, 1.807) is 6.92 Å². The van der Waals surface area contributed by atoms with Gasteiger partial charge < -0.3 is 14.6 Å². The second-order valence-electron chi connectivity index (χ2n) is 4.52. The summed E-state index contributed by atoms with van der Waals surface area (Å²) in [5.74, 6) is -0.123. The van der Waals surface area contributed by atoms with Crippen molar-refractivity contribution in [2.24, 2.45) is 0 Å². The van der Waals surface area contributed by atoms with Crippen LogP contribution in [0.1, 0.15) is 59.8 Å². The van der Waals surface area contributed by atoms with Crippen molar-refractivity contribution in [3.63, 3.8) is 0 Å². The number of rotatable bonds is 9. The minimum atomic E-state index is -0.425. The lowest BCUT2D eigenvalue weighted by atomic mass is 10.3. The third-order valence-electron chi connectivity index (χ3n) is 2.38. The van der Waals surface area contributed by atoms with E-state index < -0.39 is 6.29 Å². The molecule has 0 rings (SSSR count). The van der Waals surface area contributed by atoms with E-state index in [0.717, 1.165) is 19.3 Å². The molecule has 4 heteroatoms. The van der Waals surface area contributed by atoms with E-state index in [1.807, 2.05) is 13.8 Å². The van der Waals surface area contributed by atoms with Crippen molar-refractivity contribution < 1.29 is 19.4 Å². The number of hydrogen-bond acceptors (Lipinski definition) is 4. The lowest BCUT2D eigenvalue weighted by Gasteiger charge is -2.16. The van der Waals surface area contributed by atoms with Crippen LogP contribution in [0.2, 0.25) is 0 Å². The highest BCUT2D eigenvalue weighted by Gasteiger charge is 2.12. The van der Waals surface area contributed by atoms with Crippen LogP contribution >= 0.6 is 0 Å². The Morgan fingerprint density at radius 1 is 1.20 bits per heavy atom. The summed E-state index contributed by atoms with van der Waals surface area (Å²) in [4.78, 5) is 11.2. The van der Waals surface area contributed by atoms with E-state index >= 15 is 0 Å². The van der Waals surface area contributed by atoms with Crippen molar-refractivity contribution in [2.75, 3.05) is 6.61 Å². The molecule has 0 fully saturated rings. The SMILES string of the molecule is C=C(C)C(=O)OC(CC)OCCCCC.C=C(O)CC. The minimum absolute atomic E-state index is 0.255. The third kappa shape index (κ3) is 14.8. The number of carbonyl (C=O) groups excluding carboxylic acids is 1. The average Bonchev–Trinajstić information content (AvgIpc) is 2.42. The van der Waals surface area contributed by atoms with Crippen LogP contribution in [0.4, 0.5) is 0 Å². The average molecular weight is 286 g/mol. The molecule has 118 valence electrons. The lowest BCUT2D eigenvalue weighted by Crippen LogP contribution is -2.21. The number of hydrogen-bond donors (Lipinski definition) is 1. The number of ether oxygens (including phenoxy) is 2. The fourth-order valence-electron chi connectivity index (χ4n) is 1.02. The summed E-state index contributed by atoms with van der Waals surface area (Å²) in [5, 5.41) is 8.17. The predicted molar refractivity (Wildman–Crippen MR) is 82.5 cm³/mol. The van der Waals surface area contributed by atoms with Gasteiger partial charge in [0.05, 0.1) is 12.4 Å².